The fourth-order valence-electron chi connectivity index (χ4n) is 2.74. The Bertz CT molecular complexity index is 1040. The number of halogens is 3. The summed E-state index contributed by atoms with van der Waals surface area (Å²) in [6.07, 6.45) is -2.90. The molecule has 0 spiro atoms. The summed E-state index contributed by atoms with van der Waals surface area (Å²) < 4.78 is 37.8. The van der Waals surface area contributed by atoms with Gasteiger partial charge in [0.2, 0.25) is 0 Å². The summed E-state index contributed by atoms with van der Waals surface area (Å²) in [5.41, 5.74) is 0.000365. The number of aromatic nitrogens is 2. The molecule has 0 fully saturated rings. The van der Waals surface area contributed by atoms with Crippen LogP contribution in [0.5, 0.6) is 0 Å². The van der Waals surface area contributed by atoms with Crippen molar-refractivity contribution in [1.29, 1.82) is 0 Å². The van der Waals surface area contributed by atoms with Gasteiger partial charge in [-0.15, -0.1) is 0 Å². The number of carbonyl (C=O) groups excluding carboxylic acids is 1. The molecular formula is C19H16F3N3O2. The third kappa shape index (κ3) is 3.99. The number of H-pyrrole nitrogens is 1. The molecule has 0 unspecified atom stereocenters. The molecule has 0 radical (unpaired) electrons. The maximum Gasteiger partial charge on any atom is 0.416 e. The molecule has 1 amide bonds. The molecule has 0 saturated carbocycles. The van der Waals surface area contributed by atoms with E-state index in [1.165, 1.54) is 6.07 Å². The Labute approximate surface area is 152 Å². The number of benzene rings is 2. The Kier molecular flexibility index (Phi) is 4.98. The first kappa shape index (κ1) is 18.6. The van der Waals surface area contributed by atoms with Gasteiger partial charge in [0.05, 0.1) is 16.6 Å². The zero-order chi connectivity index (χ0) is 19.6. The topological polar surface area (TPSA) is 74.8 Å². The maximum atomic E-state index is 12.6. The van der Waals surface area contributed by atoms with Gasteiger partial charge in [0, 0.05) is 16.6 Å². The number of anilines is 1. The normalized spacial score (nSPS) is 11.6. The Balaban J connectivity index is 1.87. The molecular weight excluding hydrogens is 359 g/mol. The number of hydrogen-bond donors (Lipinski definition) is 2. The van der Waals surface area contributed by atoms with E-state index in [2.05, 4.69) is 15.5 Å². The van der Waals surface area contributed by atoms with Gasteiger partial charge >= 0.3 is 6.18 Å². The smallest absolute Gasteiger partial charge is 0.322 e. The molecule has 2 aromatic carbocycles. The summed E-state index contributed by atoms with van der Waals surface area (Å²) in [6.45, 7) is 2.00. The van der Waals surface area contributed by atoms with E-state index in [9.17, 15) is 22.8 Å². The predicted octanol–water partition coefficient (Wildman–Crippen LogP) is 4.15. The lowest BCUT2D eigenvalue weighted by Gasteiger charge is -2.09. The Morgan fingerprint density at radius 3 is 2.44 bits per heavy atom. The first-order chi connectivity index (χ1) is 12.8. The van der Waals surface area contributed by atoms with E-state index < -0.39 is 17.6 Å². The van der Waals surface area contributed by atoms with Crippen molar-refractivity contribution in [2.24, 2.45) is 0 Å². The number of hydrogen-bond acceptors (Lipinski definition) is 3. The molecule has 1 aromatic heterocycles. The van der Waals surface area contributed by atoms with Crippen molar-refractivity contribution in [1.82, 2.24) is 10.2 Å². The zero-order valence-corrected chi connectivity index (χ0v) is 14.4. The number of alkyl halides is 3. The van der Waals surface area contributed by atoms with Crippen LogP contribution in [-0.4, -0.2) is 16.1 Å². The number of nitrogens with zero attached hydrogens (tertiary/aromatic N) is 1. The predicted molar refractivity (Wildman–Crippen MR) is 95.8 cm³/mol. The molecule has 0 aliphatic rings. The molecule has 8 heteroatoms. The molecule has 1 heterocycles. The van der Waals surface area contributed by atoms with E-state index in [0.717, 1.165) is 36.4 Å². The van der Waals surface area contributed by atoms with Crippen LogP contribution >= 0.6 is 0 Å². The van der Waals surface area contributed by atoms with Crippen LogP contribution in [-0.2, 0) is 12.6 Å². The van der Waals surface area contributed by atoms with E-state index in [-0.39, 0.29) is 11.1 Å². The molecule has 0 bridgehead atoms. The number of fused-ring (bicyclic) bond motifs is 1. The number of aryl methyl sites for hydroxylation is 1. The number of nitrogens with one attached hydrogen (secondary N) is 2. The summed E-state index contributed by atoms with van der Waals surface area (Å²) in [6, 6.07) is 8.77. The van der Waals surface area contributed by atoms with Gasteiger partial charge in [0.1, 0.15) is 0 Å². The van der Waals surface area contributed by atoms with Crippen LogP contribution in [0.3, 0.4) is 0 Å². The van der Waals surface area contributed by atoms with Gasteiger partial charge in [-0.05, 0) is 42.8 Å². The summed E-state index contributed by atoms with van der Waals surface area (Å²) in [5.74, 6) is -0.567. The Morgan fingerprint density at radius 1 is 1.11 bits per heavy atom. The molecule has 2 N–H and O–H groups in total. The minimum atomic E-state index is -4.46. The fourth-order valence-corrected chi connectivity index (χ4v) is 2.74. The zero-order valence-electron chi connectivity index (χ0n) is 14.4. The summed E-state index contributed by atoms with van der Waals surface area (Å²) in [7, 11) is 0. The van der Waals surface area contributed by atoms with E-state index in [1.54, 1.807) is 12.1 Å². The third-order valence-electron chi connectivity index (χ3n) is 4.09. The van der Waals surface area contributed by atoms with E-state index >= 15 is 0 Å². The molecule has 3 aromatic rings. The van der Waals surface area contributed by atoms with Gasteiger partial charge in [-0.2, -0.15) is 18.3 Å². The van der Waals surface area contributed by atoms with Crippen molar-refractivity contribution in [2.45, 2.75) is 25.9 Å². The van der Waals surface area contributed by atoms with Crippen molar-refractivity contribution in [3.8, 4) is 0 Å². The van der Waals surface area contributed by atoms with Crippen LogP contribution in [0.15, 0.2) is 47.3 Å². The molecule has 0 aliphatic carbocycles. The average Bonchev–Trinajstić information content (AvgIpc) is 2.64. The lowest BCUT2D eigenvalue weighted by molar-refractivity contribution is -0.137. The standard InChI is InChI=1S/C19H16F3N3O2/c1-2-3-16-14-9-8-13(10-15(14)18(27)25-24-16)23-17(26)11-4-6-12(7-5-11)19(20,21)22/h4-10H,2-3H2,1H3,(H,23,26)(H,25,27). The van der Waals surface area contributed by atoms with Gasteiger partial charge in [-0.3, -0.25) is 9.59 Å². The number of rotatable bonds is 4. The highest BCUT2D eigenvalue weighted by atomic mass is 19.4. The highest BCUT2D eigenvalue weighted by Crippen LogP contribution is 2.29. The maximum absolute atomic E-state index is 12.6. The van der Waals surface area contributed by atoms with Crippen molar-refractivity contribution >= 4 is 22.4 Å². The second-order valence-corrected chi connectivity index (χ2v) is 6.04. The number of aromatic amines is 1. The summed E-state index contributed by atoms with van der Waals surface area (Å²) >= 11 is 0. The third-order valence-corrected chi connectivity index (χ3v) is 4.09. The molecule has 140 valence electrons. The molecule has 0 saturated heterocycles. The minimum Gasteiger partial charge on any atom is -0.322 e. The molecule has 27 heavy (non-hydrogen) atoms. The minimum absolute atomic E-state index is 0.0819. The highest BCUT2D eigenvalue weighted by molar-refractivity contribution is 6.05. The second-order valence-electron chi connectivity index (χ2n) is 6.04. The highest BCUT2D eigenvalue weighted by Gasteiger charge is 2.30. The molecule has 0 atom stereocenters. The Morgan fingerprint density at radius 2 is 1.81 bits per heavy atom. The van der Waals surface area contributed by atoms with Crippen molar-refractivity contribution in [2.75, 3.05) is 5.32 Å². The fraction of sp³-hybridized carbons (Fsp3) is 0.211. The lowest BCUT2D eigenvalue weighted by atomic mass is 10.1. The lowest BCUT2D eigenvalue weighted by Crippen LogP contribution is -2.14. The van der Waals surface area contributed by atoms with Gasteiger partial charge < -0.3 is 5.32 Å². The van der Waals surface area contributed by atoms with E-state index in [4.69, 9.17) is 0 Å². The van der Waals surface area contributed by atoms with E-state index in [1.807, 2.05) is 6.92 Å². The van der Waals surface area contributed by atoms with Crippen LogP contribution in [0.1, 0.15) is 35.0 Å². The van der Waals surface area contributed by atoms with Gasteiger partial charge in [0.25, 0.3) is 11.5 Å². The van der Waals surface area contributed by atoms with Gasteiger partial charge in [0.15, 0.2) is 0 Å². The van der Waals surface area contributed by atoms with Crippen LogP contribution in [0.25, 0.3) is 10.8 Å². The monoisotopic (exact) mass is 375 g/mol. The first-order valence-corrected chi connectivity index (χ1v) is 8.29. The van der Waals surface area contributed by atoms with Crippen molar-refractivity contribution in [3.05, 3.63) is 69.6 Å². The molecule has 5 nitrogen and oxygen atoms in total. The van der Waals surface area contributed by atoms with Crippen LogP contribution in [0.2, 0.25) is 0 Å². The largest absolute Gasteiger partial charge is 0.416 e. The van der Waals surface area contributed by atoms with Gasteiger partial charge in [-0.25, -0.2) is 5.10 Å². The molecule has 0 aliphatic heterocycles. The van der Waals surface area contributed by atoms with Crippen LogP contribution < -0.4 is 10.9 Å². The van der Waals surface area contributed by atoms with Gasteiger partial charge in [-0.1, -0.05) is 19.4 Å². The summed E-state index contributed by atoms with van der Waals surface area (Å²) in [4.78, 5) is 24.3. The van der Waals surface area contributed by atoms with E-state index in [0.29, 0.717) is 22.9 Å². The first-order valence-electron chi connectivity index (χ1n) is 8.29. The summed E-state index contributed by atoms with van der Waals surface area (Å²) in [5, 5.41) is 10.2. The SMILES string of the molecule is CCCc1n[nH]c(=O)c2cc(NC(=O)c3ccc(C(F)(F)F)cc3)ccc12. The van der Waals surface area contributed by atoms with Crippen molar-refractivity contribution in [3.63, 3.8) is 0 Å². The number of amides is 1. The van der Waals surface area contributed by atoms with Crippen molar-refractivity contribution < 1.29 is 18.0 Å². The van der Waals surface area contributed by atoms with Crippen LogP contribution in [0.4, 0.5) is 18.9 Å². The average molecular weight is 375 g/mol. The molecule has 3 rings (SSSR count). The second kappa shape index (κ2) is 7.22. The number of carbonyl (C=O) groups is 1. The quantitative estimate of drug-likeness (QED) is 0.719. The Hall–Kier alpha value is -3.16. The van der Waals surface area contributed by atoms with Crippen LogP contribution in [0, 0.1) is 0 Å².